The van der Waals surface area contributed by atoms with E-state index in [0.717, 1.165) is 23.4 Å². The third-order valence-corrected chi connectivity index (χ3v) is 3.91. The highest BCUT2D eigenvalue weighted by Gasteiger charge is 2.05. The van der Waals surface area contributed by atoms with E-state index < -0.39 is 0 Å². The molecule has 1 N–H and O–H groups in total. The second-order valence-electron chi connectivity index (χ2n) is 4.72. The van der Waals surface area contributed by atoms with E-state index in [1.807, 2.05) is 42.0 Å². The van der Waals surface area contributed by atoms with Crippen molar-refractivity contribution in [2.75, 3.05) is 23.9 Å². The third-order valence-electron chi connectivity index (χ3n) is 3.21. The highest BCUT2D eigenvalue weighted by atomic mass is 32.2. The summed E-state index contributed by atoms with van der Waals surface area (Å²) in [4.78, 5) is 8.77. The van der Waals surface area contributed by atoms with Crippen LogP contribution in [-0.4, -0.2) is 33.1 Å². The summed E-state index contributed by atoms with van der Waals surface area (Å²) < 4.78 is 2.02. The van der Waals surface area contributed by atoms with Gasteiger partial charge in [0.25, 0.3) is 0 Å². The maximum Gasteiger partial charge on any atom is 0.154 e. The van der Waals surface area contributed by atoms with E-state index in [0.29, 0.717) is 0 Å². The number of pyridine rings is 1. The van der Waals surface area contributed by atoms with Crippen molar-refractivity contribution in [1.82, 2.24) is 14.5 Å². The SMILES string of the molecule is CSCCCCCCNc1nccc2c1ncn2C. The molecular weight excluding hydrogens is 256 g/mol. The molecule has 19 heavy (non-hydrogen) atoms. The van der Waals surface area contributed by atoms with Crippen LogP contribution in [0.1, 0.15) is 25.7 Å². The van der Waals surface area contributed by atoms with Gasteiger partial charge in [0, 0.05) is 19.8 Å². The van der Waals surface area contributed by atoms with Gasteiger partial charge >= 0.3 is 0 Å². The van der Waals surface area contributed by atoms with Gasteiger partial charge in [-0.2, -0.15) is 11.8 Å². The Labute approximate surface area is 119 Å². The number of imidazole rings is 1. The van der Waals surface area contributed by atoms with Crippen molar-refractivity contribution < 1.29 is 0 Å². The highest BCUT2D eigenvalue weighted by molar-refractivity contribution is 7.98. The van der Waals surface area contributed by atoms with E-state index in [-0.39, 0.29) is 0 Å². The van der Waals surface area contributed by atoms with Gasteiger partial charge in [-0.15, -0.1) is 0 Å². The molecule has 0 atom stereocenters. The first-order valence-electron chi connectivity index (χ1n) is 6.82. The maximum atomic E-state index is 4.39. The van der Waals surface area contributed by atoms with Crippen molar-refractivity contribution in [3.8, 4) is 0 Å². The summed E-state index contributed by atoms with van der Waals surface area (Å²) in [6.45, 7) is 0.974. The number of aryl methyl sites for hydroxylation is 1. The Hall–Kier alpha value is -1.23. The summed E-state index contributed by atoms with van der Waals surface area (Å²) in [6.07, 6.45) is 11.0. The van der Waals surface area contributed by atoms with Crippen LogP contribution in [-0.2, 0) is 7.05 Å². The van der Waals surface area contributed by atoms with Gasteiger partial charge in [-0.1, -0.05) is 12.8 Å². The van der Waals surface area contributed by atoms with Crippen molar-refractivity contribution in [2.24, 2.45) is 7.05 Å². The van der Waals surface area contributed by atoms with E-state index in [9.17, 15) is 0 Å². The van der Waals surface area contributed by atoms with Crippen LogP contribution in [0.5, 0.6) is 0 Å². The molecule has 2 heterocycles. The fraction of sp³-hybridized carbons (Fsp3) is 0.571. The normalized spacial score (nSPS) is 11.1. The monoisotopic (exact) mass is 278 g/mol. The lowest BCUT2D eigenvalue weighted by atomic mass is 10.2. The summed E-state index contributed by atoms with van der Waals surface area (Å²) in [5.41, 5.74) is 2.09. The number of nitrogens with zero attached hydrogens (tertiary/aromatic N) is 3. The molecule has 0 radical (unpaired) electrons. The molecule has 0 bridgehead atoms. The second kappa shape index (κ2) is 7.38. The van der Waals surface area contributed by atoms with E-state index >= 15 is 0 Å². The van der Waals surface area contributed by atoms with Crippen molar-refractivity contribution in [3.05, 3.63) is 18.6 Å². The van der Waals surface area contributed by atoms with Crippen LogP contribution in [0.4, 0.5) is 5.82 Å². The number of aromatic nitrogens is 3. The molecule has 4 nitrogen and oxygen atoms in total. The van der Waals surface area contributed by atoms with Crippen LogP contribution in [0.3, 0.4) is 0 Å². The molecule has 0 amide bonds. The first-order valence-corrected chi connectivity index (χ1v) is 8.21. The van der Waals surface area contributed by atoms with Gasteiger partial charge < -0.3 is 9.88 Å². The third kappa shape index (κ3) is 3.86. The molecule has 2 aromatic rings. The Morgan fingerprint density at radius 3 is 2.89 bits per heavy atom. The largest absolute Gasteiger partial charge is 0.368 e. The summed E-state index contributed by atoms with van der Waals surface area (Å²) in [7, 11) is 2.00. The Kier molecular flexibility index (Phi) is 5.51. The molecule has 0 aliphatic heterocycles. The highest BCUT2D eigenvalue weighted by Crippen LogP contribution is 2.18. The zero-order valence-corrected chi connectivity index (χ0v) is 12.5. The quantitative estimate of drug-likeness (QED) is 0.752. The standard InChI is InChI=1S/C14H22N4S/c1-18-11-17-13-12(18)7-9-16-14(13)15-8-5-3-4-6-10-19-2/h7,9,11H,3-6,8,10H2,1-2H3,(H,15,16). The average Bonchev–Trinajstić information content (AvgIpc) is 2.81. The number of thioether (sulfide) groups is 1. The van der Waals surface area contributed by atoms with Gasteiger partial charge in [-0.05, 0) is 30.9 Å². The molecule has 2 aromatic heterocycles. The van der Waals surface area contributed by atoms with Crippen molar-refractivity contribution in [2.45, 2.75) is 25.7 Å². The summed E-state index contributed by atoms with van der Waals surface area (Å²) in [6, 6.07) is 2.00. The minimum Gasteiger partial charge on any atom is -0.368 e. The average molecular weight is 278 g/mol. The zero-order valence-electron chi connectivity index (χ0n) is 11.7. The number of unbranched alkanes of at least 4 members (excludes halogenated alkanes) is 3. The van der Waals surface area contributed by atoms with Crippen LogP contribution in [0.15, 0.2) is 18.6 Å². The molecule has 104 valence electrons. The topological polar surface area (TPSA) is 42.7 Å². The molecule has 0 spiro atoms. The van der Waals surface area contributed by atoms with E-state index in [1.54, 1.807) is 0 Å². The Balaban J connectivity index is 1.79. The molecule has 2 rings (SSSR count). The number of rotatable bonds is 8. The summed E-state index contributed by atoms with van der Waals surface area (Å²) >= 11 is 1.93. The summed E-state index contributed by atoms with van der Waals surface area (Å²) in [5.74, 6) is 2.18. The van der Waals surface area contributed by atoms with E-state index in [1.165, 1.54) is 31.4 Å². The van der Waals surface area contributed by atoms with Crippen LogP contribution in [0.2, 0.25) is 0 Å². The van der Waals surface area contributed by atoms with Crippen molar-refractivity contribution >= 4 is 28.6 Å². The Bertz CT molecular complexity index is 509. The molecule has 0 aliphatic rings. The van der Waals surface area contributed by atoms with Gasteiger partial charge in [0.05, 0.1) is 11.8 Å². The number of nitrogens with one attached hydrogen (secondary N) is 1. The molecule has 0 aromatic carbocycles. The number of hydrogen-bond donors (Lipinski definition) is 1. The summed E-state index contributed by atoms with van der Waals surface area (Å²) in [5, 5.41) is 3.40. The minimum atomic E-state index is 0.905. The molecule has 0 unspecified atom stereocenters. The van der Waals surface area contributed by atoms with Gasteiger partial charge in [-0.3, -0.25) is 0 Å². The fourth-order valence-electron chi connectivity index (χ4n) is 2.12. The first-order chi connectivity index (χ1) is 9.33. The number of hydrogen-bond acceptors (Lipinski definition) is 4. The van der Waals surface area contributed by atoms with Crippen molar-refractivity contribution in [1.29, 1.82) is 0 Å². The van der Waals surface area contributed by atoms with Gasteiger partial charge in [0.2, 0.25) is 0 Å². The molecule has 0 aliphatic carbocycles. The molecular formula is C14H22N4S. The van der Waals surface area contributed by atoms with E-state index in [2.05, 4.69) is 21.5 Å². The number of fused-ring (bicyclic) bond motifs is 1. The molecule has 5 heteroatoms. The van der Waals surface area contributed by atoms with Gasteiger partial charge in [0.15, 0.2) is 5.82 Å². The molecule has 0 saturated carbocycles. The van der Waals surface area contributed by atoms with Gasteiger partial charge in [0.1, 0.15) is 5.52 Å². The van der Waals surface area contributed by atoms with Crippen molar-refractivity contribution in [3.63, 3.8) is 0 Å². The predicted octanol–water partition coefficient (Wildman–Crippen LogP) is 3.30. The van der Waals surface area contributed by atoms with Gasteiger partial charge in [-0.25, -0.2) is 9.97 Å². The fourth-order valence-corrected chi connectivity index (χ4v) is 2.62. The van der Waals surface area contributed by atoms with Crippen LogP contribution in [0, 0.1) is 0 Å². The lowest BCUT2D eigenvalue weighted by Gasteiger charge is -2.06. The second-order valence-corrected chi connectivity index (χ2v) is 5.70. The first kappa shape index (κ1) is 14.2. The number of anilines is 1. The minimum absolute atomic E-state index is 0.905. The molecule has 0 fully saturated rings. The molecule has 0 saturated heterocycles. The van der Waals surface area contributed by atoms with E-state index in [4.69, 9.17) is 0 Å². The lowest BCUT2D eigenvalue weighted by Crippen LogP contribution is -2.04. The Morgan fingerprint density at radius 1 is 1.21 bits per heavy atom. The smallest absolute Gasteiger partial charge is 0.154 e. The predicted molar refractivity (Wildman–Crippen MR) is 83.8 cm³/mol. The Morgan fingerprint density at radius 2 is 2.05 bits per heavy atom. The lowest BCUT2D eigenvalue weighted by molar-refractivity contribution is 0.688. The maximum absolute atomic E-state index is 4.39. The zero-order chi connectivity index (χ0) is 13.5. The van der Waals surface area contributed by atoms with Crippen LogP contribution < -0.4 is 5.32 Å². The van der Waals surface area contributed by atoms with Crippen LogP contribution >= 0.6 is 11.8 Å². The van der Waals surface area contributed by atoms with Crippen LogP contribution in [0.25, 0.3) is 11.0 Å².